The third-order valence-corrected chi connectivity index (χ3v) is 3.06. The average molecular weight is 235 g/mol. The number of nitrogens with one attached hydrogen (secondary N) is 1. The summed E-state index contributed by atoms with van der Waals surface area (Å²) < 4.78 is 0. The smallest absolute Gasteiger partial charge is 0.130 e. The third-order valence-electron chi connectivity index (χ3n) is 3.06. The van der Waals surface area contributed by atoms with Gasteiger partial charge in [0, 0.05) is 37.1 Å². The highest BCUT2D eigenvalue weighted by molar-refractivity contribution is 5.63. The molecule has 1 aliphatic heterocycles. The fourth-order valence-corrected chi connectivity index (χ4v) is 2.25. The van der Waals surface area contributed by atoms with Crippen LogP contribution in [0.4, 0.5) is 11.5 Å². The van der Waals surface area contributed by atoms with Crippen LogP contribution in [0.15, 0.2) is 6.07 Å². The molecule has 1 N–H and O–H groups in total. The Morgan fingerprint density at radius 3 is 2.29 bits per heavy atom. The molecule has 0 saturated carbocycles. The maximum absolute atomic E-state index is 4.49. The molecule has 0 unspecified atom stereocenters. The van der Waals surface area contributed by atoms with Gasteiger partial charge in [0.25, 0.3) is 0 Å². The lowest BCUT2D eigenvalue weighted by Gasteiger charge is -2.22. The molecular weight excluding hydrogens is 210 g/mol. The van der Waals surface area contributed by atoms with Crippen molar-refractivity contribution < 1.29 is 0 Å². The van der Waals surface area contributed by atoms with Gasteiger partial charge in [-0.3, -0.25) is 0 Å². The molecule has 0 spiro atoms. The van der Waals surface area contributed by atoms with Crippen molar-refractivity contribution in [2.75, 3.05) is 30.4 Å². The van der Waals surface area contributed by atoms with E-state index in [1.807, 2.05) is 20.9 Å². The van der Waals surface area contributed by atoms with Crippen LogP contribution < -0.4 is 10.2 Å². The van der Waals surface area contributed by atoms with Crippen molar-refractivity contribution >= 4 is 11.5 Å². The molecule has 3 nitrogen and oxygen atoms in total. The van der Waals surface area contributed by atoms with Gasteiger partial charge in [0.2, 0.25) is 0 Å². The molecule has 96 valence electrons. The van der Waals surface area contributed by atoms with Crippen LogP contribution in [0.25, 0.3) is 0 Å². The van der Waals surface area contributed by atoms with Crippen LogP contribution >= 0.6 is 0 Å². The predicted octanol–water partition coefficient (Wildman–Crippen LogP) is 3.37. The lowest BCUT2D eigenvalue weighted by atomic mass is 10.2. The Bertz CT molecular complexity index is 355. The molecular formula is C14H25N3. The highest BCUT2D eigenvalue weighted by atomic mass is 15.2. The molecule has 0 radical (unpaired) electrons. The predicted molar refractivity (Wildman–Crippen MR) is 76.1 cm³/mol. The molecule has 0 aromatic carbocycles. The van der Waals surface area contributed by atoms with Crippen molar-refractivity contribution in [1.29, 1.82) is 0 Å². The molecule has 2 rings (SSSR count). The summed E-state index contributed by atoms with van der Waals surface area (Å²) in [6.07, 6.45) is 2.63. The Morgan fingerprint density at radius 1 is 1.18 bits per heavy atom. The van der Waals surface area contributed by atoms with Gasteiger partial charge >= 0.3 is 0 Å². The molecule has 1 aromatic rings. The minimum Gasteiger partial charge on any atom is -0.373 e. The number of hydrogen-bond acceptors (Lipinski definition) is 3. The zero-order valence-corrected chi connectivity index (χ0v) is 11.8. The first-order valence-electron chi connectivity index (χ1n) is 6.63. The third kappa shape index (κ3) is 3.11. The summed E-state index contributed by atoms with van der Waals surface area (Å²) in [5, 5.41) is 3.16. The standard InChI is InChI=1S/C12H19N3.C2H6/c1-9-8-11(15-6-4-5-7-15)10(2)12(13-3)14-9;1-2/h8H,4-7H2,1-3H3,(H,13,14);1-2H3. The second-order valence-corrected chi connectivity index (χ2v) is 4.20. The largest absolute Gasteiger partial charge is 0.373 e. The Kier molecular flexibility index (Phi) is 5.26. The highest BCUT2D eigenvalue weighted by Gasteiger charge is 2.16. The van der Waals surface area contributed by atoms with Gasteiger partial charge in [-0.15, -0.1) is 0 Å². The molecule has 0 aliphatic carbocycles. The maximum Gasteiger partial charge on any atom is 0.130 e. The number of rotatable bonds is 2. The first-order chi connectivity index (χ1) is 8.22. The van der Waals surface area contributed by atoms with E-state index in [0.29, 0.717) is 0 Å². The molecule has 1 saturated heterocycles. The van der Waals surface area contributed by atoms with Crippen LogP contribution in [-0.2, 0) is 0 Å². The van der Waals surface area contributed by atoms with Crippen LogP contribution in [0.1, 0.15) is 37.9 Å². The second kappa shape index (κ2) is 6.48. The molecule has 17 heavy (non-hydrogen) atoms. The first-order valence-corrected chi connectivity index (χ1v) is 6.63. The summed E-state index contributed by atoms with van der Waals surface area (Å²) >= 11 is 0. The quantitative estimate of drug-likeness (QED) is 0.852. The molecule has 1 aromatic heterocycles. The number of anilines is 2. The van der Waals surface area contributed by atoms with Gasteiger partial charge in [-0.1, -0.05) is 13.8 Å². The lowest BCUT2D eigenvalue weighted by Crippen LogP contribution is -2.19. The Morgan fingerprint density at radius 2 is 1.76 bits per heavy atom. The van der Waals surface area contributed by atoms with E-state index >= 15 is 0 Å². The highest BCUT2D eigenvalue weighted by Crippen LogP contribution is 2.28. The van der Waals surface area contributed by atoms with E-state index in [9.17, 15) is 0 Å². The number of pyridine rings is 1. The van der Waals surface area contributed by atoms with E-state index in [1.165, 1.54) is 37.2 Å². The minimum absolute atomic E-state index is 1.01. The molecule has 1 aliphatic rings. The Hall–Kier alpha value is -1.25. The van der Waals surface area contributed by atoms with Gasteiger partial charge in [-0.2, -0.15) is 0 Å². The summed E-state index contributed by atoms with van der Waals surface area (Å²) in [4.78, 5) is 6.95. The van der Waals surface area contributed by atoms with Gasteiger partial charge < -0.3 is 10.2 Å². The van der Waals surface area contributed by atoms with Crippen molar-refractivity contribution in [2.24, 2.45) is 0 Å². The summed E-state index contributed by atoms with van der Waals surface area (Å²) in [5.74, 6) is 1.01. The second-order valence-electron chi connectivity index (χ2n) is 4.20. The normalized spacial score (nSPS) is 14.3. The zero-order chi connectivity index (χ0) is 12.8. The van der Waals surface area contributed by atoms with Crippen molar-refractivity contribution in [3.8, 4) is 0 Å². The molecule has 0 atom stereocenters. The van der Waals surface area contributed by atoms with Gasteiger partial charge in [0.05, 0.1) is 0 Å². The maximum atomic E-state index is 4.49. The molecule has 2 heterocycles. The van der Waals surface area contributed by atoms with E-state index < -0.39 is 0 Å². The van der Waals surface area contributed by atoms with Crippen LogP contribution in [-0.4, -0.2) is 25.1 Å². The van der Waals surface area contributed by atoms with E-state index in [4.69, 9.17) is 0 Å². The average Bonchev–Trinajstić information content (AvgIpc) is 2.88. The van der Waals surface area contributed by atoms with Crippen LogP contribution in [0.3, 0.4) is 0 Å². The van der Waals surface area contributed by atoms with Gasteiger partial charge in [0.1, 0.15) is 5.82 Å². The molecule has 0 bridgehead atoms. The SMILES string of the molecule is CC.CNc1nc(C)cc(N2CCCC2)c1C. The van der Waals surface area contributed by atoms with Crippen molar-refractivity contribution in [3.63, 3.8) is 0 Å². The zero-order valence-electron chi connectivity index (χ0n) is 11.8. The topological polar surface area (TPSA) is 28.2 Å². The van der Waals surface area contributed by atoms with Crippen LogP contribution in [0.5, 0.6) is 0 Å². The van der Waals surface area contributed by atoms with Crippen LogP contribution in [0, 0.1) is 13.8 Å². The minimum atomic E-state index is 1.01. The van der Waals surface area contributed by atoms with Gasteiger partial charge in [-0.05, 0) is 32.8 Å². The number of nitrogens with zero attached hydrogens (tertiary/aromatic N) is 2. The van der Waals surface area contributed by atoms with E-state index in [2.05, 4.69) is 35.1 Å². The fourth-order valence-electron chi connectivity index (χ4n) is 2.25. The molecule has 3 heteroatoms. The monoisotopic (exact) mass is 235 g/mol. The number of hydrogen-bond donors (Lipinski definition) is 1. The van der Waals surface area contributed by atoms with Crippen LogP contribution in [0.2, 0.25) is 0 Å². The summed E-state index contributed by atoms with van der Waals surface area (Å²) in [6, 6.07) is 2.20. The Labute approximate surface area is 105 Å². The van der Waals surface area contributed by atoms with Crippen molar-refractivity contribution in [2.45, 2.75) is 40.5 Å². The molecule has 1 fully saturated rings. The number of aromatic nitrogens is 1. The first kappa shape index (κ1) is 13.8. The van der Waals surface area contributed by atoms with E-state index in [0.717, 1.165) is 11.5 Å². The van der Waals surface area contributed by atoms with E-state index in [1.54, 1.807) is 0 Å². The summed E-state index contributed by atoms with van der Waals surface area (Å²) in [6.45, 7) is 10.6. The lowest BCUT2D eigenvalue weighted by molar-refractivity contribution is 0.949. The van der Waals surface area contributed by atoms with Crippen molar-refractivity contribution in [3.05, 3.63) is 17.3 Å². The summed E-state index contributed by atoms with van der Waals surface area (Å²) in [5.41, 5.74) is 3.71. The van der Waals surface area contributed by atoms with Gasteiger partial charge in [-0.25, -0.2) is 4.98 Å². The fraction of sp³-hybridized carbons (Fsp3) is 0.643. The Balaban J connectivity index is 0.000000686. The van der Waals surface area contributed by atoms with Gasteiger partial charge in [0.15, 0.2) is 0 Å². The summed E-state index contributed by atoms with van der Waals surface area (Å²) in [7, 11) is 1.93. The molecule has 0 amide bonds. The van der Waals surface area contributed by atoms with Crippen molar-refractivity contribution in [1.82, 2.24) is 4.98 Å². The number of aryl methyl sites for hydroxylation is 1. The van der Waals surface area contributed by atoms with E-state index in [-0.39, 0.29) is 0 Å².